The van der Waals surface area contributed by atoms with Crippen molar-refractivity contribution in [3.8, 4) is 0 Å². The van der Waals surface area contributed by atoms with E-state index in [4.69, 9.17) is 14.2 Å². The van der Waals surface area contributed by atoms with Crippen LogP contribution in [0.25, 0.3) is 0 Å². The molecule has 0 N–H and O–H groups in total. The van der Waals surface area contributed by atoms with E-state index in [0.29, 0.717) is 13.2 Å². The second-order valence-electron chi connectivity index (χ2n) is 5.60. The molecule has 1 atom stereocenters. The fourth-order valence-electron chi connectivity index (χ4n) is 1.98. The first kappa shape index (κ1) is 11.9. The quantitative estimate of drug-likeness (QED) is 0.741. The average Bonchev–Trinajstić information content (AvgIpc) is 2.66. The van der Waals surface area contributed by atoms with Crippen molar-refractivity contribution in [2.24, 2.45) is 4.99 Å². The monoisotopic (exact) mass is 227 g/mol. The van der Waals surface area contributed by atoms with Crippen LogP contribution in [0.5, 0.6) is 0 Å². The molecule has 0 spiro atoms. The van der Waals surface area contributed by atoms with E-state index < -0.39 is 5.79 Å². The van der Waals surface area contributed by atoms with Gasteiger partial charge in [-0.2, -0.15) is 0 Å². The minimum Gasteiger partial charge on any atom is -0.478 e. The summed E-state index contributed by atoms with van der Waals surface area (Å²) >= 11 is 0. The zero-order valence-corrected chi connectivity index (χ0v) is 10.6. The lowest BCUT2D eigenvalue weighted by atomic mass is 10.1. The highest BCUT2D eigenvalue weighted by Gasteiger charge is 2.33. The Kier molecular flexibility index (Phi) is 2.97. The molecule has 16 heavy (non-hydrogen) atoms. The summed E-state index contributed by atoms with van der Waals surface area (Å²) in [5.41, 5.74) is -0.0539. The predicted molar refractivity (Wildman–Crippen MR) is 61.6 cm³/mol. The van der Waals surface area contributed by atoms with Crippen molar-refractivity contribution in [3.63, 3.8) is 0 Å². The van der Waals surface area contributed by atoms with Gasteiger partial charge in [0.1, 0.15) is 6.61 Å². The lowest BCUT2D eigenvalue weighted by Gasteiger charge is -2.16. The Hall–Kier alpha value is -0.610. The third kappa shape index (κ3) is 2.95. The zero-order valence-electron chi connectivity index (χ0n) is 10.6. The van der Waals surface area contributed by atoms with Gasteiger partial charge in [-0.05, 0) is 34.1 Å². The molecule has 2 rings (SSSR count). The van der Waals surface area contributed by atoms with Gasteiger partial charge in [0.25, 0.3) is 0 Å². The van der Waals surface area contributed by atoms with Gasteiger partial charge in [0, 0.05) is 6.42 Å². The van der Waals surface area contributed by atoms with Gasteiger partial charge in [0.15, 0.2) is 11.7 Å². The average molecular weight is 227 g/mol. The van der Waals surface area contributed by atoms with E-state index in [9.17, 15) is 0 Å². The summed E-state index contributed by atoms with van der Waals surface area (Å²) in [4.78, 5) is 4.52. The van der Waals surface area contributed by atoms with E-state index in [2.05, 4.69) is 18.8 Å². The maximum absolute atomic E-state index is 5.73. The molecule has 0 aromatic heterocycles. The third-order valence-electron chi connectivity index (χ3n) is 2.77. The van der Waals surface area contributed by atoms with Gasteiger partial charge < -0.3 is 14.2 Å². The number of hydrogen-bond donors (Lipinski definition) is 0. The number of hydrogen-bond acceptors (Lipinski definition) is 4. The SMILES string of the molecule is CC1(C)COC(CC[C@@H]2COC(C)(C)O2)=N1. The van der Waals surface area contributed by atoms with Gasteiger partial charge in [-0.25, -0.2) is 4.99 Å². The van der Waals surface area contributed by atoms with Crippen LogP contribution in [0, 0.1) is 0 Å². The van der Waals surface area contributed by atoms with E-state index in [1.165, 1.54) is 0 Å². The van der Waals surface area contributed by atoms with Gasteiger partial charge >= 0.3 is 0 Å². The highest BCUT2D eigenvalue weighted by molar-refractivity contribution is 5.78. The Morgan fingerprint density at radius 3 is 2.56 bits per heavy atom. The van der Waals surface area contributed by atoms with Crippen LogP contribution in [0.4, 0.5) is 0 Å². The first-order valence-corrected chi connectivity index (χ1v) is 5.90. The largest absolute Gasteiger partial charge is 0.478 e. The fourth-order valence-corrected chi connectivity index (χ4v) is 1.98. The van der Waals surface area contributed by atoms with Crippen molar-refractivity contribution in [2.45, 2.75) is 58.0 Å². The van der Waals surface area contributed by atoms with E-state index >= 15 is 0 Å². The molecule has 0 aromatic rings. The van der Waals surface area contributed by atoms with Crippen LogP contribution in [0.2, 0.25) is 0 Å². The van der Waals surface area contributed by atoms with Crippen LogP contribution in [-0.2, 0) is 14.2 Å². The summed E-state index contributed by atoms with van der Waals surface area (Å²) in [7, 11) is 0. The molecule has 0 aliphatic carbocycles. The molecule has 2 aliphatic heterocycles. The Morgan fingerprint density at radius 2 is 2.06 bits per heavy atom. The summed E-state index contributed by atoms with van der Waals surface area (Å²) in [6, 6.07) is 0. The first-order valence-electron chi connectivity index (χ1n) is 5.90. The molecule has 1 fully saturated rings. The molecule has 0 radical (unpaired) electrons. The summed E-state index contributed by atoms with van der Waals surface area (Å²) in [5, 5.41) is 0. The molecule has 0 bridgehead atoms. The predicted octanol–water partition coefficient (Wildman–Crippen LogP) is 2.13. The Balaban J connectivity index is 1.77. The first-order chi connectivity index (χ1) is 7.36. The van der Waals surface area contributed by atoms with Gasteiger partial charge in [-0.3, -0.25) is 0 Å². The number of ether oxygens (including phenoxy) is 3. The molecule has 2 heterocycles. The van der Waals surface area contributed by atoms with Crippen LogP contribution < -0.4 is 0 Å². The van der Waals surface area contributed by atoms with Crippen molar-refractivity contribution in [1.29, 1.82) is 0 Å². The molecule has 0 amide bonds. The van der Waals surface area contributed by atoms with Gasteiger partial charge in [-0.1, -0.05) is 0 Å². The van der Waals surface area contributed by atoms with Crippen molar-refractivity contribution in [1.82, 2.24) is 0 Å². The molecule has 1 saturated heterocycles. The van der Waals surface area contributed by atoms with E-state index in [0.717, 1.165) is 18.7 Å². The standard InChI is InChI=1S/C12H21NO3/c1-11(2)8-14-10(13-11)6-5-9-7-15-12(3,4)16-9/h9H,5-8H2,1-4H3/t9-/m1/s1. The topological polar surface area (TPSA) is 40.0 Å². The van der Waals surface area contributed by atoms with E-state index in [-0.39, 0.29) is 11.6 Å². The van der Waals surface area contributed by atoms with Crippen molar-refractivity contribution in [2.75, 3.05) is 13.2 Å². The maximum atomic E-state index is 5.73. The minimum absolute atomic E-state index is 0.0539. The molecule has 4 nitrogen and oxygen atoms in total. The normalized spacial score (nSPS) is 31.2. The lowest BCUT2D eigenvalue weighted by molar-refractivity contribution is -0.138. The van der Waals surface area contributed by atoms with Crippen LogP contribution in [0.1, 0.15) is 40.5 Å². The fraction of sp³-hybridized carbons (Fsp3) is 0.917. The highest BCUT2D eigenvalue weighted by atomic mass is 16.7. The molecule has 0 aromatic carbocycles. The van der Waals surface area contributed by atoms with Crippen molar-refractivity contribution >= 4 is 5.90 Å². The number of rotatable bonds is 3. The van der Waals surface area contributed by atoms with Gasteiger partial charge in [0.2, 0.25) is 0 Å². The van der Waals surface area contributed by atoms with Crippen molar-refractivity contribution < 1.29 is 14.2 Å². The Labute approximate surface area is 97.0 Å². The Morgan fingerprint density at radius 1 is 1.31 bits per heavy atom. The van der Waals surface area contributed by atoms with Gasteiger partial charge in [-0.15, -0.1) is 0 Å². The third-order valence-corrected chi connectivity index (χ3v) is 2.77. The second kappa shape index (κ2) is 4.00. The van der Waals surface area contributed by atoms with Crippen LogP contribution >= 0.6 is 0 Å². The van der Waals surface area contributed by atoms with E-state index in [1.807, 2.05) is 13.8 Å². The summed E-state index contributed by atoms with van der Waals surface area (Å²) in [6.07, 6.45) is 1.93. The number of nitrogens with zero attached hydrogens (tertiary/aromatic N) is 1. The molecule has 2 aliphatic rings. The summed E-state index contributed by atoms with van der Waals surface area (Å²) in [6.45, 7) is 9.41. The van der Waals surface area contributed by atoms with Gasteiger partial charge in [0.05, 0.1) is 18.2 Å². The second-order valence-corrected chi connectivity index (χ2v) is 5.60. The summed E-state index contributed by atoms with van der Waals surface area (Å²) < 4.78 is 16.8. The van der Waals surface area contributed by atoms with Crippen LogP contribution in [-0.4, -0.2) is 36.5 Å². The number of aliphatic imine (C=N–C) groups is 1. The van der Waals surface area contributed by atoms with Crippen molar-refractivity contribution in [3.05, 3.63) is 0 Å². The highest BCUT2D eigenvalue weighted by Crippen LogP contribution is 2.26. The smallest absolute Gasteiger partial charge is 0.184 e. The Bertz CT molecular complexity index is 297. The molecule has 0 saturated carbocycles. The minimum atomic E-state index is -0.428. The molecular weight excluding hydrogens is 206 g/mol. The zero-order chi connectivity index (χ0) is 11.8. The molecule has 4 heteroatoms. The van der Waals surface area contributed by atoms with Crippen LogP contribution in [0.15, 0.2) is 4.99 Å². The molecular formula is C12H21NO3. The van der Waals surface area contributed by atoms with Crippen LogP contribution in [0.3, 0.4) is 0 Å². The molecule has 92 valence electrons. The van der Waals surface area contributed by atoms with E-state index in [1.54, 1.807) is 0 Å². The molecule has 0 unspecified atom stereocenters. The summed E-state index contributed by atoms with van der Waals surface area (Å²) in [5.74, 6) is 0.431. The lowest BCUT2D eigenvalue weighted by Crippen LogP contribution is -2.21. The maximum Gasteiger partial charge on any atom is 0.184 e.